The predicted octanol–water partition coefficient (Wildman–Crippen LogP) is 5.02. The molecule has 3 aromatic rings. The van der Waals surface area contributed by atoms with Crippen LogP contribution in [0.25, 0.3) is 0 Å². The van der Waals surface area contributed by atoms with Crippen LogP contribution in [-0.2, 0) is 0 Å². The van der Waals surface area contributed by atoms with E-state index >= 15 is 0 Å². The van der Waals surface area contributed by atoms with Gasteiger partial charge >= 0.3 is 0 Å². The molecule has 2 amide bonds. The third-order valence-corrected chi connectivity index (χ3v) is 4.65. The topological polar surface area (TPSA) is 79.8 Å². The number of amides is 2. The first-order valence-electron chi connectivity index (χ1n) is 8.80. The monoisotopic (exact) mass is 441 g/mol. The summed E-state index contributed by atoms with van der Waals surface area (Å²) in [4.78, 5) is 24.5. The van der Waals surface area contributed by atoms with E-state index in [4.69, 9.17) is 27.9 Å². The maximum absolute atomic E-state index is 12.3. The fraction of sp³-hybridized carbons (Fsp3) is 0.0455. The molecule has 3 aromatic carbocycles. The summed E-state index contributed by atoms with van der Waals surface area (Å²) in [6.45, 7) is 0. The van der Waals surface area contributed by atoms with Crippen LogP contribution >= 0.6 is 23.2 Å². The molecule has 0 aliphatic rings. The minimum absolute atomic E-state index is 0.265. The molecule has 0 aliphatic carbocycles. The van der Waals surface area contributed by atoms with E-state index in [9.17, 15) is 9.59 Å². The molecule has 0 radical (unpaired) electrons. The summed E-state index contributed by atoms with van der Waals surface area (Å²) in [5.41, 5.74) is 4.49. The van der Waals surface area contributed by atoms with Crippen molar-refractivity contribution in [2.75, 3.05) is 12.4 Å². The average molecular weight is 442 g/mol. The van der Waals surface area contributed by atoms with Crippen LogP contribution in [0.3, 0.4) is 0 Å². The Morgan fingerprint density at radius 2 is 1.53 bits per heavy atom. The molecule has 2 N–H and O–H groups in total. The van der Waals surface area contributed by atoms with Crippen molar-refractivity contribution in [3.05, 3.63) is 93.5 Å². The van der Waals surface area contributed by atoms with E-state index in [1.807, 2.05) is 0 Å². The molecule has 152 valence electrons. The second-order valence-corrected chi connectivity index (χ2v) is 6.97. The lowest BCUT2D eigenvalue weighted by Crippen LogP contribution is -2.18. The van der Waals surface area contributed by atoms with E-state index in [2.05, 4.69) is 15.8 Å². The number of methoxy groups -OCH3 is 1. The van der Waals surface area contributed by atoms with Gasteiger partial charge in [-0.2, -0.15) is 5.10 Å². The van der Waals surface area contributed by atoms with Gasteiger partial charge in [-0.1, -0.05) is 29.3 Å². The van der Waals surface area contributed by atoms with Crippen molar-refractivity contribution in [1.82, 2.24) is 5.43 Å². The fourth-order valence-corrected chi connectivity index (χ4v) is 2.94. The van der Waals surface area contributed by atoms with Gasteiger partial charge in [-0.25, -0.2) is 5.43 Å². The number of hydrogen-bond acceptors (Lipinski definition) is 4. The summed E-state index contributed by atoms with van der Waals surface area (Å²) in [6, 6.07) is 18.2. The van der Waals surface area contributed by atoms with Crippen molar-refractivity contribution in [3.63, 3.8) is 0 Å². The van der Waals surface area contributed by atoms with Gasteiger partial charge in [0, 0.05) is 27.4 Å². The molecule has 0 atom stereocenters. The molecule has 0 unspecified atom stereocenters. The number of nitrogens with one attached hydrogen (secondary N) is 2. The minimum atomic E-state index is -0.399. The van der Waals surface area contributed by atoms with E-state index in [1.54, 1.807) is 73.8 Å². The summed E-state index contributed by atoms with van der Waals surface area (Å²) in [7, 11) is 1.56. The van der Waals surface area contributed by atoms with Crippen LogP contribution in [0, 0.1) is 0 Å². The third kappa shape index (κ3) is 5.59. The Bertz CT molecular complexity index is 1080. The Kier molecular flexibility index (Phi) is 7.06. The Balaban J connectivity index is 1.58. The molecule has 0 saturated heterocycles. The zero-order valence-corrected chi connectivity index (χ0v) is 17.4. The second-order valence-electron chi connectivity index (χ2n) is 6.12. The highest BCUT2D eigenvalue weighted by molar-refractivity contribution is 6.36. The third-order valence-electron chi connectivity index (χ3n) is 4.09. The Hall–Kier alpha value is -3.35. The highest BCUT2D eigenvalue weighted by Crippen LogP contribution is 2.19. The first-order valence-corrected chi connectivity index (χ1v) is 9.56. The largest absolute Gasteiger partial charge is 0.497 e. The smallest absolute Gasteiger partial charge is 0.271 e. The van der Waals surface area contributed by atoms with Crippen LogP contribution in [0.5, 0.6) is 5.75 Å². The van der Waals surface area contributed by atoms with Crippen LogP contribution < -0.4 is 15.5 Å². The fourth-order valence-electron chi connectivity index (χ4n) is 2.48. The molecule has 0 fully saturated rings. The molecule has 0 heterocycles. The van der Waals surface area contributed by atoms with E-state index in [1.165, 1.54) is 6.21 Å². The van der Waals surface area contributed by atoms with Crippen molar-refractivity contribution in [2.45, 2.75) is 0 Å². The molecular weight excluding hydrogens is 425 g/mol. The van der Waals surface area contributed by atoms with Crippen molar-refractivity contribution < 1.29 is 14.3 Å². The number of ether oxygens (including phenoxy) is 1. The second kappa shape index (κ2) is 9.91. The number of carbonyl (C=O) groups excluding carboxylic acids is 2. The number of halogens is 2. The standard InChI is InChI=1S/C22H17Cl2N3O3/c1-30-19-10-5-14(6-11-19)21(28)26-18-8-3-15(4-9-18)22(29)27-25-13-16-2-7-17(23)12-20(16)24/h2-13H,1H3,(H,26,28)(H,27,29)/b25-13-. The number of carbonyl (C=O) groups is 2. The minimum Gasteiger partial charge on any atom is -0.497 e. The summed E-state index contributed by atoms with van der Waals surface area (Å²) in [6.07, 6.45) is 1.43. The number of anilines is 1. The van der Waals surface area contributed by atoms with E-state index in [-0.39, 0.29) is 5.91 Å². The molecule has 0 spiro atoms. The zero-order valence-electron chi connectivity index (χ0n) is 15.9. The molecule has 0 saturated carbocycles. The van der Waals surface area contributed by atoms with Gasteiger partial charge in [-0.15, -0.1) is 0 Å². The zero-order chi connectivity index (χ0) is 21.5. The molecule has 3 rings (SSSR count). The number of nitrogens with zero attached hydrogens (tertiary/aromatic N) is 1. The number of benzene rings is 3. The van der Waals surface area contributed by atoms with Crippen molar-refractivity contribution in [3.8, 4) is 5.75 Å². The summed E-state index contributed by atoms with van der Waals surface area (Å²) in [5, 5.41) is 7.61. The number of hydrazone groups is 1. The van der Waals surface area contributed by atoms with Crippen LogP contribution in [0.4, 0.5) is 5.69 Å². The summed E-state index contributed by atoms with van der Waals surface area (Å²) >= 11 is 11.9. The lowest BCUT2D eigenvalue weighted by molar-refractivity contribution is 0.0954. The summed E-state index contributed by atoms with van der Waals surface area (Å²) in [5.74, 6) is 0.00609. The predicted molar refractivity (Wildman–Crippen MR) is 119 cm³/mol. The molecular formula is C22H17Cl2N3O3. The number of rotatable bonds is 6. The summed E-state index contributed by atoms with van der Waals surface area (Å²) < 4.78 is 5.08. The van der Waals surface area contributed by atoms with E-state index < -0.39 is 5.91 Å². The van der Waals surface area contributed by atoms with Gasteiger partial charge in [0.2, 0.25) is 0 Å². The van der Waals surface area contributed by atoms with Crippen LogP contribution in [0.15, 0.2) is 71.8 Å². The van der Waals surface area contributed by atoms with Gasteiger partial charge in [0.05, 0.1) is 18.3 Å². The maximum Gasteiger partial charge on any atom is 0.271 e. The molecule has 30 heavy (non-hydrogen) atoms. The normalized spacial score (nSPS) is 10.6. The van der Waals surface area contributed by atoms with Crippen molar-refractivity contribution in [2.24, 2.45) is 5.10 Å². The van der Waals surface area contributed by atoms with Crippen molar-refractivity contribution in [1.29, 1.82) is 0 Å². The highest BCUT2D eigenvalue weighted by atomic mass is 35.5. The Morgan fingerprint density at radius 3 is 2.17 bits per heavy atom. The van der Waals surface area contributed by atoms with Crippen LogP contribution in [-0.4, -0.2) is 25.1 Å². The van der Waals surface area contributed by atoms with Gasteiger partial charge in [0.1, 0.15) is 5.75 Å². The quantitative estimate of drug-likeness (QED) is 0.416. The maximum atomic E-state index is 12.3. The van der Waals surface area contributed by atoms with Gasteiger partial charge in [-0.05, 0) is 60.7 Å². The molecule has 6 nitrogen and oxygen atoms in total. The van der Waals surface area contributed by atoms with E-state index in [0.717, 1.165) is 0 Å². The van der Waals surface area contributed by atoms with Crippen LogP contribution in [0.1, 0.15) is 26.3 Å². The lowest BCUT2D eigenvalue weighted by atomic mass is 10.1. The van der Waals surface area contributed by atoms with Gasteiger partial charge in [0.25, 0.3) is 11.8 Å². The van der Waals surface area contributed by atoms with Crippen molar-refractivity contribution >= 4 is 46.9 Å². The molecule has 0 bridgehead atoms. The van der Waals surface area contributed by atoms with E-state index in [0.29, 0.717) is 38.2 Å². The Morgan fingerprint density at radius 1 is 0.900 bits per heavy atom. The first kappa shape index (κ1) is 21.4. The van der Waals surface area contributed by atoms with Gasteiger partial charge < -0.3 is 10.1 Å². The molecule has 0 aromatic heterocycles. The average Bonchev–Trinajstić information content (AvgIpc) is 2.75. The molecule has 8 heteroatoms. The van der Waals surface area contributed by atoms with Crippen LogP contribution in [0.2, 0.25) is 10.0 Å². The molecule has 0 aliphatic heterocycles. The SMILES string of the molecule is COc1ccc(C(=O)Nc2ccc(C(=O)N/N=C\c3ccc(Cl)cc3Cl)cc2)cc1. The van der Waals surface area contributed by atoms with Gasteiger partial charge in [-0.3, -0.25) is 9.59 Å². The lowest BCUT2D eigenvalue weighted by Gasteiger charge is -2.07. The van der Waals surface area contributed by atoms with Gasteiger partial charge in [0.15, 0.2) is 0 Å². The Labute approximate surface area is 183 Å². The number of hydrogen-bond donors (Lipinski definition) is 2. The first-order chi connectivity index (χ1) is 14.5. The highest BCUT2D eigenvalue weighted by Gasteiger charge is 2.08.